The Kier molecular flexibility index (Phi) is 4.81. The SMILES string of the molecule is COCCNc1c(-c2ccc(OC)cc2OC)nc2cnccn12. The number of imidazole rings is 1. The van der Waals surface area contributed by atoms with E-state index in [-0.39, 0.29) is 0 Å². The molecule has 0 radical (unpaired) electrons. The van der Waals surface area contributed by atoms with Crippen LogP contribution in [-0.4, -0.2) is 48.8 Å². The topological polar surface area (TPSA) is 69.9 Å². The molecule has 0 unspecified atom stereocenters. The van der Waals surface area contributed by atoms with Gasteiger partial charge in [0.05, 0.1) is 27.0 Å². The largest absolute Gasteiger partial charge is 0.497 e. The predicted octanol–water partition coefficient (Wildman–Crippen LogP) is 2.47. The summed E-state index contributed by atoms with van der Waals surface area (Å²) in [7, 11) is 4.93. The highest BCUT2D eigenvalue weighted by atomic mass is 16.5. The van der Waals surface area contributed by atoms with Gasteiger partial charge in [-0.15, -0.1) is 0 Å². The Morgan fingerprint density at radius 3 is 2.79 bits per heavy atom. The normalized spacial score (nSPS) is 10.8. The summed E-state index contributed by atoms with van der Waals surface area (Å²) in [6.07, 6.45) is 5.32. The molecular weight excluding hydrogens is 308 g/mol. The van der Waals surface area contributed by atoms with Gasteiger partial charge in [-0.25, -0.2) is 4.98 Å². The Morgan fingerprint density at radius 1 is 1.17 bits per heavy atom. The first-order chi connectivity index (χ1) is 11.8. The highest BCUT2D eigenvalue weighted by Gasteiger charge is 2.18. The number of anilines is 1. The molecule has 0 bridgehead atoms. The molecule has 0 aliphatic heterocycles. The molecule has 1 N–H and O–H groups in total. The van der Waals surface area contributed by atoms with Crippen LogP contribution >= 0.6 is 0 Å². The van der Waals surface area contributed by atoms with E-state index in [1.54, 1.807) is 33.7 Å². The third kappa shape index (κ3) is 2.98. The minimum absolute atomic E-state index is 0.595. The van der Waals surface area contributed by atoms with Gasteiger partial charge in [0, 0.05) is 37.7 Å². The zero-order valence-electron chi connectivity index (χ0n) is 13.9. The lowest BCUT2D eigenvalue weighted by Crippen LogP contribution is -2.10. The average molecular weight is 328 g/mol. The van der Waals surface area contributed by atoms with Crippen LogP contribution in [0.2, 0.25) is 0 Å². The molecule has 24 heavy (non-hydrogen) atoms. The van der Waals surface area contributed by atoms with E-state index >= 15 is 0 Å². The molecule has 0 amide bonds. The second-order valence-electron chi connectivity index (χ2n) is 5.10. The van der Waals surface area contributed by atoms with Crippen molar-refractivity contribution in [2.45, 2.75) is 0 Å². The number of fused-ring (bicyclic) bond motifs is 1. The first-order valence-electron chi connectivity index (χ1n) is 7.55. The number of ether oxygens (including phenoxy) is 3. The van der Waals surface area contributed by atoms with Crippen LogP contribution in [0.1, 0.15) is 0 Å². The number of nitrogens with one attached hydrogen (secondary N) is 1. The van der Waals surface area contributed by atoms with Crippen molar-refractivity contribution < 1.29 is 14.2 Å². The van der Waals surface area contributed by atoms with Crippen LogP contribution in [0, 0.1) is 0 Å². The zero-order chi connectivity index (χ0) is 16.9. The van der Waals surface area contributed by atoms with E-state index in [0.717, 1.165) is 28.5 Å². The summed E-state index contributed by atoms with van der Waals surface area (Å²) in [5.74, 6) is 2.29. The maximum Gasteiger partial charge on any atom is 0.157 e. The molecule has 0 aliphatic carbocycles. The molecule has 0 saturated heterocycles. The van der Waals surface area contributed by atoms with Gasteiger partial charge in [0.2, 0.25) is 0 Å². The molecule has 3 rings (SSSR count). The fourth-order valence-electron chi connectivity index (χ4n) is 2.53. The second-order valence-corrected chi connectivity index (χ2v) is 5.10. The summed E-state index contributed by atoms with van der Waals surface area (Å²) in [6.45, 7) is 1.26. The standard InChI is InChI=1S/C17H20N4O3/c1-22-9-7-19-17-16(20-15-11-18-6-8-21(15)17)13-5-4-12(23-2)10-14(13)24-3/h4-6,8,10-11,19H,7,9H2,1-3H3. The third-order valence-corrected chi connectivity index (χ3v) is 3.69. The van der Waals surface area contributed by atoms with E-state index in [2.05, 4.69) is 10.3 Å². The average Bonchev–Trinajstić information content (AvgIpc) is 3.00. The van der Waals surface area contributed by atoms with Crippen LogP contribution < -0.4 is 14.8 Å². The molecule has 0 atom stereocenters. The first kappa shape index (κ1) is 16.1. The van der Waals surface area contributed by atoms with Crippen LogP contribution in [0.5, 0.6) is 11.5 Å². The van der Waals surface area contributed by atoms with E-state index in [9.17, 15) is 0 Å². The van der Waals surface area contributed by atoms with E-state index < -0.39 is 0 Å². The lowest BCUT2D eigenvalue weighted by atomic mass is 10.1. The summed E-state index contributed by atoms with van der Waals surface area (Å²) < 4.78 is 17.9. The van der Waals surface area contributed by atoms with Gasteiger partial charge in [0.15, 0.2) is 5.65 Å². The van der Waals surface area contributed by atoms with Gasteiger partial charge in [0.25, 0.3) is 0 Å². The second kappa shape index (κ2) is 7.18. The smallest absolute Gasteiger partial charge is 0.157 e. The highest BCUT2D eigenvalue weighted by Crippen LogP contribution is 2.37. The summed E-state index contributed by atoms with van der Waals surface area (Å²) in [6, 6.07) is 5.67. The molecule has 7 nitrogen and oxygen atoms in total. The fourth-order valence-corrected chi connectivity index (χ4v) is 2.53. The first-order valence-corrected chi connectivity index (χ1v) is 7.55. The van der Waals surface area contributed by atoms with Crippen LogP contribution in [0.15, 0.2) is 36.8 Å². The van der Waals surface area contributed by atoms with Crippen molar-refractivity contribution in [2.24, 2.45) is 0 Å². The minimum atomic E-state index is 0.595. The molecule has 0 aliphatic rings. The van der Waals surface area contributed by atoms with Gasteiger partial charge in [-0.3, -0.25) is 9.38 Å². The summed E-state index contributed by atoms with van der Waals surface area (Å²) in [5.41, 5.74) is 2.42. The van der Waals surface area contributed by atoms with E-state index in [1.165, 1.54) is 0 Å². The molecule has 2 heterocycles. The van der Waals surface area contributed by atoms with Crippen molar-refractivity contribution in [1.29, 1.82) is 0 Å². The zero-order valence-corrected chi connectivity index (χ0v) is 13.9. The Bertz CT molecular complexity index is 832. The Morgan fingerprint density at radius 2 is 2.04 bits per heavy atom. The van der Waals surface area contributed by atoms with Crippen LogP contribution in [0.4, 0.5) is 5.82 Å². The molecular formula is C17H20N4O3. The van der Waals surface area contributed by atoms with Crippen molar-refractivity contribution in [1.82, 2.24) is 14.4 Å². The van der Waals surface area contributed by atoms with Crippen LogP contribution in [0.3, 0.4) is 0 Å². The van der Waals surface area contributed by atoms with Crippen molar-refractivity contribution >= 4 is 11.5 Å². The fraction of sp³-hybridized carbons (Fsp3) is 0.294. The third-order valence-electron chi connectivity index (χ3n) is 3.69. The van der Waals surface area contributed by atoms with Gasteiger partial charge < -0.3 is 19.5 Å². The minimum Gasteiger partial charge on any atom is -0.497 e. The maximum absolute atomic E-state index is 5.52. The maximum atomic E-state index is 5.52. The number of benzene rings is 1. The quantitative estimate of drug-likeness (QED) is 0.672. The summed E-state index contributed by atoms with van der Waals surface area (Å²) in [4.78, 5) is 8.84. The monoisotopic (exact) mass is 328 g/mol. The van der Waals surface area contributed by atoms with Crippen molar-refractivity contribution in [3.8, 4) is 22.8 Å². The van der Waals surface area contributed by atoms with Crippen LogP contribution in [-0.2, 0) is 4.74 Å². The molecule has 1 aromatic carbocycles. The molecule has 0 fully saturated rings. The molecule has 3 aromatic rings. The van der Waals surface area contributed by atoms with Crippen molar-refractivity contribution in [2.75, 3.05) is 39.8 Å². The van der Waals surface area contributed by atoms with Gasteiger partial charge in [-0.2, -0.15) is 0 Å². The van der Waals surface area contributed by atoms with Gasteiger partial charge >= 0.3 is 0 Å². The number of methoxy groups -OCH3 is 3. The number of hydrogen-bond acceptors (Lipinski definition) is 6. The summed E-state index contributed by atoms with van der Waals surface area (Å²) >= 11 is 0. The van der Waals surface area contributed by atoms with Gasteiger partial charge in [0.1, 0.15) is 23.0 Å². The highest BCUT2D eigenvalue weighted by molar-refractivity contribution is 5.80. The van der Waals surface area contributed by atoms with Gasteiger partial charge in [-0.05, 0) is 12.1 Å². The molecule has 2 aromatic heterocycles. The number of rotatable bonds is 7. The lowest BCUT2D eigenvalue weighted by molar-refractivity contribution is 0.210. The molecule has 126 valence electrons. The number of hydrogen-bond donors (Lipinski definition) is 1. The van der Waals surface area contributed by atoms with E-state index in [0.29, 0.717) is 18.9 Å². The molecule has 0 saturated carbocycles. The Balaban J connectivity index is 2.12. The van der Waals surface area contributed by atoms with Gasteiger partial charge in [-0.1, -0.05) is 0 Å². The summed E-state index contributed by atoms with van der Waals surface area (Å²) in [5, 5.41) is 3.38. The van der Waals surface area contributed by atoms with E-state index in [1.807, 2.05) is 28.8 Å². The Hall–Kier alpha value is -2.80. The predicted molar refractivity (Wildman–Crippen MR) is 91.9 cm³/mol. The number of nitrogens with zero attached hydrogens (tertiary/aromatic N) is 3. The van der Waals surface area contributed by atoms with E-state index in [4.69, 9.17) is 19.2 Å². The van der Waals surface area contributed by atoms with Crippen molar-refractivity contribution in [3.63, 3.8) is 0 Å². The molecule has 7 heteroatoms. The number of aromatic nitrogens is 3. The Labute approximate surface area is 140 Å². The van der Waals surface area contributed by atoms with Crippen LogP contribution in [0.25, 0.3) is 16.9 Å². The van der Waals surface area contributed by atoms with Crippen molar-refractivity contribution in [3.05, 3.63) is 36.8 Å². The lowest BCUT2D eigenvalue weighted by Gasteiger charge is -2.12. The molecule has 0 spiro atoms.